The first-order valence-corrected chi connectivity index (χ1v) is 18.2. The fraction of sp³-hybridized carbons (Fsp3) is 0.174. The smallest absolute Gasteiger partial charge is 0.143 e. The van der Waals surface area contributed by atoms with E-state index in [-0.39, 0.29) is 16.6 Å². The van der Waals surface area contributed by atoms with Crippen LogP contribution in [0.25, 0.3) is 65.0 Å². The van der Waals surface area contributed by atoms with Gasteiger partial charge in [-0.05, 0) is 75.5 Å². The Morgan fingerprint density at radius 1 is 0.647 bits per heavy atom. The highest BCUT2D eigenvalue weighted by molar-refractivity contribution is 7.21. The Labute approximate surface area is 302 Å². The molecule has 0 aliphatic heterocycles. The molecule has 1 N–H and O–H groups in total. The maximum Gasteiger partial charge on any atom is 0.143 e. The normalized spacial score (nSPS) is 12.5. The second kappa shape index (κ2) is 12.4. The van der Waals surface area contributed by atoms with Crippen LogP contribution in [0.3, 0.4) is 0 Å². The number of phenols is 1. The van der Waals surface area contributed by atoms with Crippen LogP contribution in [0, 0.1) is 0 Å². The van der Waals surface area contributed by atoms with Crippen molar-refractivity contribution in [3.63, 3.8) is 0 Å². The number of aromatic nitrogens is 1. The molecule has 0 fully saturated rings. The average Bonchev–Trinajstić information content (AvgIpc) is 3.72. The third kappa shape index (κ3) is 6.12. The molecule has 0 aliphatic rings. The van der Waals surface area contributed by atoms with Gasteiger partial charge in [0.1, 0.15) is 21.9 Å². The third-order valence-electron chi connectivity index (χ3n) is 9.62. The van der Waals surface area contributed by atoms with Gasteiger partial charge < -0.3 is 9.52 Å². The van der Waals surface area contributed by atoms with Crippen LogP contribution in [0.5, 0.6) is 5.75 Å². The van der Waals surface area contributed by atoms with Crippen molar-refractivity contribution in [3.05, 3.63) is 138 Å². The first-order chi connectivity index (χ1) is 24.4. The van der Waals surface area contributed by atoms with Gasteiger partial charge >= 0.3 is 0 Å². The Morgan fingerprint density at radius 3 is 2.18 bits per heavy atom. The first kappa shape index (κ1) is 32.7. The van der Waals surface area contributed by atoms with Crippen molar-refractivity contribution < 1.29 is 9.52 Å². The zero-order valence-electron chi connectivity index (χ0n) is 29.8. The molecule has 0 saturated heterocycles. The molecule has 252 valence electrons. The summed E-state index contributed by atoms with van der Waals surface area (Å²) < 4.78 is 7.64. The second-order valence-electron chi connectivity index (χ2n) is 15.3. The predicted octanol–water partition coefficient (Wildman–Crippen LogP) is 13.2. The van der Waals surface area contributed by atoms with Crippen LogP contribution in [-0.2, 0) is 10.8 Å². The molecule has 5 heteroatoms. The van der Waals surface area contributed by atoms with E-state index < -0.39 is 0 Å². The van der Waals surface area contributed by atoms with Gasteiger partial charge in [0.25, 0.3) is 0 Å². The number of nitrogens with zero attached hydrogens (tertiary/aromatic N) is 2. The molecule has 51 heavy (non-hydrogen) atoms. The Hall–Kier alpha value is -5.52. The Bertz CT molecular complexity index is 2630. The Morgan fingerprint density at radius 2 is 1.35 bits per heavy atom. The molecule has 8 aromatic rings. The van der Waals surface area contributed by atoms with E-state index in [1.165, 1.54) is 11.1 Å². The van der Waals surface area contributed by atoms with Gasteiger partial charge in [0.05, 0.1) is 15.9 Å². The van der Waals surface area contributed by atoms with Gasteiger partial charge in [0.2, 0.25) is 0 Å². The monoisotopic (exact) mass is 684 g/mol. The molecule has 0 amide bonds. The molecule has 8 rings (SSSR count). The van der Waals surface area contributed by atoms with Crippen molar-refractivity contribution in [2.45, 2.75) is 52.4 Å². The quantitative estimate of drug-likeness (QED) is 0.184. The number of rotatable bonds is 5. The molecule has 2 heterocycles. The summed E-state index contributed by atoms with van der Waals surface area (Å²) in [5.41, 5.74) is 11.8. The van der Waals surface area contributed by atoms with Crippen LogP contribution in [-0.4, -0.2) is 16.3 Å². The van der Waals surface area contributed by atoms with Crippen LogP contribution in [0.2, 0.25) is 0 Å². The van der Waals surface area contributed by atoms with Gasteiger partial charge in [-0.3, -0.25) is 4.99 Å². The Balaban J connectivity index is 1.32. The summed E-state index contributed by atoms with van der Waals surface area (Å²) in [5.74, 6) is 0.205. The minimum atomic E-state index is -0.0491. The minimum absolute atomic E-state index is 0.0234. The maximum atomic E-state index is 10.7. The van der Waals surface area contributed by atoms with Gasteiger partial charge in [-0.15, -0.1) is 11.3 Å². The number of hydrogen-bond donors (Lipinski definition) is 1. The van der Waals surface area contributed by atoms with E-state index in [2.05, 4.69) is 114 Å². The lowest BCUT2D eigenvalue weighted by Crippen LogP contribution is -2.11. The van der Waals surface area contributed by atoms with E-state index in [4.69, 9.17) is 14.4 Å². The van der Waals surface area contributed by atoms with Crippen LogP contribution < -0.4 is 0 Å². The molecule has 0 atom stereocenters. The van der Waals surface area contributed by atoms with E-state index in [1.54, 1.807) is 23.6 Å². The minimum Gasteiger partial charge on any atom is -0.507 e. The summed E-state index contributed by atoms with van der Waals surface area (Å²) in [4.78, 5) is 10.3. The highest BCUT2D eigenvalue weighted by Crippen LogP contribution is 2.44. The zero-order valence-corrected chi connectivity index (χ0v) is 30.6. The van der Waals surface area contributed by atoms with Gasteiger partial charge in [-0.2, -0.15) is 0 Å². The standard InChI is InChI=1S/C46H40N2O2S/c1-45(2,3)31-14-11-13-28(23-31)29-25-37(35-18-12-17-34-33-15-8-10-20-40(33)50-43(34)35)42-41(26-29)51-44(48-42)36-16-7-9-19-38(36)47-27-30-24-32(46(4,5)6)21-22-39(30)49/h7-27,49H,1-6H3. The van der Waals surface area contributed by atoms with Crippen LogP contribution in [0.15, 0.2) is 131 Å². The fourth-order valence-electron chi connectivity index (χ4n) is 6.67. The van der Waals surface area contributed by atoms with Crippen molar-refractivity contribution in [3.8, 4) is 38.6 Å². The molecular weight excluding hydrogens is 645 g/mol. The SMILES string of the molecule is CC(C)(C)c1cccc(-c2cc(-c3cccc4c3oc3ccccc34)c3nc(-c4ccccc4N=Cc4cc(C(C)(C)C)ccc4O)sc3c2)c1. The largest absolute Gasteiger partial charge is 0.507 e. The van der Waals surface area contributed by atoms with E-state index in [0.29, 0.717) is 5.56 Å². The molecule has 0 saturated carbocycles. The number of fused-ring (bicyclic) bond motifs is 4. The summed E-state index contributed by atoms with van der Waals surface area (Å²) in [7, 11) is 0. The summed E-state index contributed by atoms with van der Waals surface area (Å²) in [6.07, 6.45) is 1.75. The van der Waals surface area contributed by atoms with Gasteiger partial charge in [0.15, 0.2) is 0 Å². The Kier molecular flexibility index (Phi) is 7.92. The lowest BCUT2D eigenvalue weighted by molar-refractivity contribution is 0.473. The third-order valence-corrected chi connectivity index (χ3v) is 10.7. The summed E-state index contributed by atoms with van der Waals surface area (Å²) in [6, 6.07) is 41.8. The van der Waals surface area contributed by atoms with Gasteiger partial charge in [0, 0.05) is 39.2 Å². The average molecular weight is 685 g/mol. The number of thiazole rings is 1. The predicted molar refractivity (Wildman–Crippen MR) is 216 cm³/mol. The van der Waals surface area contributed by atoms with Crippen molar-refractivity contribution in [1.82, 2.24) is 4.98 Å². The fourth-order valence-corrected chi connectivity index (χ4v) is 7.74. The van der Waals surface area contributed by atoms with Crippen LogP contribution in [0.1, 0.15) is 58.2 Å². The highest BCUT2D eigenvalue weighted by Gasteiger charge is 2.21. The van der Waals surface area contributed by atoms with Crippen molar-refractivity contribution in [1.29, 1.82) is 0 Å². The molecule has 0 radical (unpaired) electrons. The van der Waals surface area contributed by atoms with E-state index in [0.717, 1.165) is 70.7 Å². The number of aliphatic imine (C=N–C) groups is 1. The number of phenolic OH excluding ortho intramolecular Hbond substituents is 1. The molecule has 0 unspecified atom stereocenters. The van der Waals surface area contributed by atoms with E-state index in [9.17, 15) is 5.11 Å². The van der Waals surface area contributed by atoms with Crippen LogP contribution in [0.4, 0.5) is 5.69 Å². The number of hydrogen-bond acceptors (Lipinski definition) is 5. The molecule has 4 nitrogen and oxygen atoms in total. The molecule has 0 aliphatic carbocycles. The molecule has 0 bridgehead atoms. The van der Waals surface area contributed by atoms with Gasteiger partial charge in [-0.1, -0.05) is 120 Å². The van der Waals surface area contributed by atoms with E-state index >= 15 is 0 Å². The number of para-hydroxylation sites is 3. The number of furan rings is 1. The molecule has 2 aromatic heterocycles. The van der Waals surface area contributed by atoms with Crippen LogP contribution >= 0.6 is 11.3 Å². The maximum absolute atomic E-state index is 10.7. The topological polar surface area (TPSA) is 58.6 Å². The summed E-state index contributed by atoms with van der Waals surface area (Å²) >= 11 is 1.67. The number of benzene rings is 6. The second-order valence-corrected chi connectivity index (χ2v) is 16.3. The van der Waals surface area contributed by atoms with Gasteiger partial charge in [-0.25, -0.2) is 4.98 Å². The van der Waals surface area contributed by atoms with Crippen molar-refractivity contribution >= 4 is 55.4 Å². The molecule has 6 aromatic carbocycles. The zero-order chi connectivity index (χ0) is 35.5. The summed E-state index contributed by atoms with van der Waals surface area (Å²) in [5, 5.41) is 13.8. The van der Waals surface area contributed by atoms with E-state index in [1.807, 2.05) is 42.5 Å². The molecular formula is C46H40N2O2S. The highest BCUT2D eigenvalue weighted by atomic mass is 32.1. The van der Waals surface area contributed by atoms with Crippen molar-refractivity contribution in [2.75, 3.05) is 0 Å². The number of aromatic hydroxyl groups is 1. The van der Waals surface area contributed by atoms with Crippen molar-refractivity contribution in [2.24, 2.45) is 4.99 Å². The first-order valence-electron chi connectivity index (χ1n) is 17.4. The molecule has 0 spiro atoms. The lowest BCUT2D eigenvalue weighted by Gasteiger charge is -2.20. The lowest BCUT2D eigenvalue weighted by atomic mass is 9.85. The summed E-state index contributed by atoms with van der Waals surface area (Å²) in [6.45, 7) is 13.2.